The summed E-state index contributed by atoms with van der Waals surface area (Å²) < 4.78 is 0. The number of piperidine rings is 1. The van der Waals surface area contributed by atoms with Crippen LogP contribution < -0.4 is 9.80 Å². The Balaban J connectivity index is 1.31. The molecule has 1 N–H and O–H groups in total. The molecule has 2 aliphatic heterocycles. The molecular formula is C23H27N5O. The minimum atomic E-state index is 0.289. The van der Waals surface area contributed by atoms with Gasteiger partial charge in [-0.2, -0.15) is 0 Å². The van der Waals surface area contributed by atoms with Crippen molar-refractivity contribution in [3.63, 3.8) is 0 Å². The molecule has 2 aromatic heterocycles. The first kappa shape index (κ1) is 18.3. The zero-order valence-corrected chi connectivity index (χ0v) is 16.8. The van der Waals surface area contributed by atoms with E-state index in [0.717, 1.165) is 61.9 Å². The summed E-state index contributed by atoms with van der Waals surface area (Å²) >= 11 is 0. The van der Waals surface area contributed by atoms with E-state index in [1.54, 1.807) is 12.4 Å². The van der Waals surface area contributed by atoms with Crippen molar-refractivity contribution in [3.8, 4) is 0 Å². The van der Waals surface area contributed by atoms with Gasteiger partial charge >= 0.3 is 0 Å². The van der Waals surface area contributed by atoms with Crippen LogP contribution in [0.3, 0.4) is 0 Å². The van der Waals surface area contributed by atoms with Crippen molar-refractivity contribution >= 4 is 22.5 Å². The van der Waals surface area contributed by atoms with Gasteiger partial charge in [-0.05, 0) is 49.9 Å². The van der Waals surface area contributed by atoms with Crippen LogP contribution in [-0.2, 0) is 0 Å². The number of aliphatic hydroxyl groups excluding tert-OH is 1. The predicted molar refractivity (Wildman–Crippen MR) is 115 cm³/mol. The SMILES string of the molecule is Cc1ccc2nc(N3CC(c4nccnc4N4CCC(CO)CC4)C3)ccc2c1. The van der Waals surface area contributed by atoms with Crippen molar-refractivity contribution < 1.29 is 5.11 Å². The summed E-state index contributed by atoms with van der Waals surface area (Å²) in [6.07, 6.45) is 5.63. The molecule has 150 valence electrons. The third-order valence-electron chi connectivity index (χ3n) is 6.30. The summed E-state index contributed by atoms with van der Waals surface area (Å²) in [4.78, 5) is 18.9. The van der Waals surface area contributed by atoms with Gasteiger partial charge in [0.1, 0.15) is 5.82 Å². The Morgan fingerprint density at radius 2 is 1.79 bits per heavy atom. The van der Waals surface area contributed by atoms with Gasteiger partial charge in [0, 0.05) is 56.5 Å². The smallest absolute Gasteiger partial charge is 0.150 e. The fourth-order valence-electron chi connectivity index (χ4n) is 4.45. The Morgan fingerprint density at radius 1 is 1.00 bits per heavy atom. The van der Waals surface area contributed by atoms with Crippen molar-refractivity contribution in [2.24, 2.45) is 5.92 Å². The molecular weight excluding hydrogens is 362 g/mol. The molecule has 0 atom stereocenters. The number of aryl methyl sites for hydroxylation is 1. The lowest BCUT2D eigenvalue weighted by atomic mass is 9.93. The molecule has 0 unspecified atom stereocenters. The Labute approximate surface area is 171 Å². The number of hydrogen-bond acceptors (Lipinski definition) is 6. The molecule has 2 fully saturated rings. The van der Waals surface area contributed by atoms with Crippen molar-refractivity contribution in [2.45, 2.75) is 25.7 Å². The molecule has 0 spiro atoms. The van der Waals surface area contributed by atoms with E-state index in [9.17, 15) is 5.11 Å². The third-order valence-corrected chi connectivity index (χ3v) is 6.30. The van der Waals surface area contributed by atoms with E-state index in [1.807, 2.05) is 0 Å². The summed E-state index contributed by atoms with van der Waals surface area (Å²) in [5.41, 5.74) is 3.40. The number of fused-ring (bicyclic) bond motifs is 1. The third kappa shape index (κ3) is 3.53. The number of anilines is 2. The maximum absolute atomic E-state index is 9.40. The highest BCUT2D eigenvalue weighted by molar-refractivity contribution is 5.81. The van der Waals surface area contributed by atoms with Crippen molar-refractivity contribution in [1.82, 2.24) is 15.0 Å². The summed E-state index contributed by atoms with van der Waals surface area (Å²) in [7, 11) is 0. The molecule has 2 aliphatic rings. The van der Waals surface area contributed by atoms with Crippen LogP contribution in [0.2, 0.25) is 0 Å². The van der Waals surface area contributed by atoms with Gasteiger partial charge < -0.3 is 14.9 Å². The van der Waals surface area contributed by atoms with Crippen molar-refractivity contribution in [2.75, 3.05) is 42.6 Å². The number of aromatic nitrogens is 3. The molecule has 2 saturated heterocycles. The number of hydrogen-bond donors (Lipinski definition) is 1. The largest absolute Gasteiger partial charge is 0.396 e. The number of benzene rings is 1. The van der Waals surface area contributed by atoms with E-state index in [0.29, 0.717) is 11.8 Å². The second-order valence-electron chi connectivity index (χ2n) is 8.35. The summed E-state index contributed by atoms with van der Waals surface area (Å²) in [6, 6.07) is 10.7. The Bertz CT molecular complexity index is 1010. The first-order chi connectivity index (χ1) is 14.2. The van der Waals surface area contributed by atoms with Crippen LogP contribution >= 0.6 is 0 Å². The van der Waals surface area contributed by atoms with E-state index in [4.69, 9.17) is 9.97 Å². The second kappa shape index (κ2) is 7.59. The molecule has 0 amide bonds. The maximum Gasteiger partial charge on any atom is 0.150 e. The van der Waals surface area contributed by atoms with Crippen molar-refractivity contribution in [3.05, 3.63) is 54.0 Å². The molecule has 1 aromatic carbocycles. The average Bonchev–Trinajstić information content (AvgIpc) is 2.73. The van der Waals surface area contributed by atoms with Gasteiger partial charge in [0.15, 0.2) is 5.82 Å². The number of aliphatic hydroxyl groups is 1. The van der Waals surface area contributed by atoms with E-state index in [2.05, 4.69) is 52.0 Å². The maximum atomic E-state index is 9.40. The molecule has 6 heteroatoms. The molecule has 0 bridgehead atoms. The van der Waals surface area contributed by atoms with Crippen LogP contribution in [0.5, 0.6) is 0 Å². The lowest BCUT2D eigenvalue weighted by molar-refractivity contribution is 0.202. The minimum absolute atomic E-state index is 0.289. The molecule has 4 heterocycles. The number of pyridine rings is 1. The number of nitrogens with zero attached hydrogens (tertiary/aromatic N) is 5. The monoisotopic (exact) mass is 389 g/mol. The van der Waals surface area contributed by atoms with E-state index in [-0.39, 0.29) is 6.61 Å². The molecule has 29 heavy (non-hydrogen) atoms. The van der Waals surface area contributed by atoms with Gasteiger partial charge in [-0.25, -0.2) is 9.97 Å². The second-order valence-corrected chi connectivity index (χ2v) is 8.35. The standard InChI is InChI=1S/C23H27N5O/c1-16-2-4-20-18(12-16)3-5-21(26-20)28-13-19(14-28)22-23(25-9-8-24-22)27-10-6-17(15-29)7-11-27/h2-5,8-9,12,17,19,29H,6-7,10-11,13-15H2,1H3. The van der Waals surface area contributed by atoms with Gasteiger partial charge in [0.05, 0.1) is 11.2 Å². The van der Waals surface area contributed by atoms with Gasteiger partial charge in [0.2, 0.25) is 0 Å². The zero-order chi connectivity index (χ0) is 19.8. The van der Waals surface area contributed by atoms with Crippen molar-refractivity contribution in [1.29, 1.82) is 0 Å². The average molecular weight is 390 g/mol. The highest BCUT2D eigenvalue weighted by Crippen LogP contribution is 2.35. The highest BCUT2D eigenvalue weighted by atomic mass is 16.3. The molecule has 0 saturated carbocycles. The minimum Gasteiger partial charge on any atom is -0.396 e. The highest BCUT2D eigenvalue weighted by Gasteiger charge is 2.34. The van der Waals surface area contributed by atoms with Gasteiger partial charge in [-0.3, -0.25) is 4.98 Å². The van der Waals surface area contributed by atoms with E-state index < -0.39 is 0 Å². The first-order valence-electron chi connectivity index (χ1n) is 10.5. The van der Waals surface area contributed by atoms with E-state index >= 15 is 0 Å². The van der Waals surface area contributed by atoms with Gasteiger partial charge in [0.25, 0.3) is 0 Å². The van der Waals surface area contributed by atoms with Crippen LogP contribution in [0.25, 0.3) is 10.9 Å². The lowest BCUT2D eigenvalue weighted by Gasteiger charge is -2.41. The molecule has 0 radical (unpaired) electrons. The molecule has 5 rings (SSSR count). The molecule has 0 aliphatic carbocycles. The van der Waals surface area contributed by atoms with E-state index in [1.165, 1.54) is 10.9 Å². The Kier molecular flexibility index (Phi) is 4.79. The summed E-state index contributed by atoms with van der Waals surface area (Å²) in [6.45, 7) is 6.12. The number of rotatable bonds is 4. The summed E-state index contributed by atoms with van der Waals surface area (Å²) in [5.74, 6) is 2.86. The topological polar surface area (TPSA) is 65.4 Å². The lowest BCUT2D eigenvalue weighted by Crippen LogP contribution is -2.47. The normalized spacial score (nSPS) is 18.3. The van der Waals surface area contributed by atoms with Crippen LogP contribution in [0, 0.1) is 12.8 Å². The first-order valence-corrected chi connectivity index (χ1v) is 10.5. The van der Waals surface area contributed by atoms with Gasteiger partial charge in [-0.15, -0.1) is 0 Å². The van der Waals surface area contributed by atoms with Gasteiger partial charge in [-0.1, -0.05) is 11.6 Å². The van der Waals surface area contributed by atoms with Crippen LogP contribution in [0.15, 0.2) is 42.7 Å². The Morgan fingerprint density at radius 3 is 2.59 bits per heavy atom. The predicted octanol–water partition coefficient (Wildman–Crippen LogP) is 3.15. The van der Waals surface area contributed by atoms with Crippen LogP contribution in [0.4, 0.5) is 11.6 Å². The Hall–Kier alpha value is -2.73. The quantitative estimate of drug-likeness (QED) is 0.740. The molecule has 6 nitrogen and oxygen atoms in total. The fraction of sp³-hybridized carbons (Fsp3) is 0.435. The van der Waals surface area contributed by atoms with Crippen LogP contribution in [-0.4, -0.2) is 52.8 Å². The van der Waals surface area contributed by atoms with Crippen LogP contribution in [0.1, 0.15) is 30.0 Å². The molecule has 3 aromatic rings. The zero-order valence-electron chi connectivity index (χ0n) is 16.8. The summed E-state index contributed by atoms with van der Waals surface area (Å²) in [5, 5.41) is 10.6. The fourth-order valence-corrected chi connectivity index (χ4v) is 4.45.